The lowest BCUT2D eigenvalue weighted by Gasteiger charge is -2.40. The van der Waals surface area contributed by atoms with Crippen molar-refractivity contribution in [2.75, 3.05) is 6.61 Å². The first-order valence-corrected chi connectivity index (χ1v) is 11.0. The molecule has 1 fully saturated rings. The molecule has 3 atom stereocenters. The molecule has 0 spiro atoms. The number of carbonyl (C=O) groups is 3. The fourth-order valence-electron chi connectivity index (χ4n) is 5.07. The van der Waals surface area contributed by atoms with Gasteiger partial charge in [0.05, 0.1) is 17.2 Å². The third-order valence-electron chi connectivity index (χ3n) is 6.88. The van der Waals surface area contributed by atoms with E-state index in [2.05, 4.69) is 0 Å². The smallest absolute Gasteiger partial charge is 0.198 e. The van der Waals surface area contributed by atoms with E-state index >= 15 is 0 Å². The minimum atomic E-state index is -1.87. The van der Waals surface area contributed by atoms with Crippen molar-refractivity contribution in [3.8, 4) is 11.5 Å². The SMILES string of the molecule is CC(=O)[C@]1(O)Cc2c(O)c3c(c(O)c2[C@@H](O[C@@H]2CCCCO2)C1)C(=O)c1ccccc1C3=O. The molecule has 2 aliphatic carbocycles. The second kappa shape index (κ2) is 7.76. The van der Waals surface area contributed by atoms with Crippen LogP contribution >= 0.6 is 0 Å². The zero-order valence-electron chi connectivity index (χ0n) is 18.1. The zero-order chi connectivity index (χ0) is 23.5. The number of hydrogen-bond donors (Lipinski definition) is 3. The third-order valence-corrected chi connectivity index (χ3v) is 6.88. The molecule has 1 heterocycles. The second-order valence-corrected chi connectivity index (χ2v) is 8.93. The van der Waals surface area contributed by atoms with Gasteiger partial charge < -0.3 is 24.8 Å². The number of aromatic hydroxyl groups is 2. The number of rotatable bonds is 3. The lowest BCUT2D eigenvalue weighted by atomic mass is 9.72. The van der Waals surface area contributed by atoms with E-state index in [-0.39, 0.29) is 46.2 Å². The summed E-state index contributed by atoms with van der Waals surface area (Å²) in [5, 5.41) is 33.5. The van der Waals surface area contributed by atoms with E-state index in [4.69, 9.17) is 9.47 Å². The molecule has 0 radical (unpaired) electrons. The van der Waals surface area contributed by atoms with Gasteiger partial charge >= 0.3 is 0 Å². The number of phenolic OH excluding ortho intramolecular Hbond substituents is 2. The van der Waals surface area contributed by atoms with Crippen molar-refractivity contribution in [2.24, 2.45) is 0 Å². The number of Topliss-reactive ketones (excluding diaryl/α,β-unsaturated/α-hetero) is 1. The summed E-state index contributed by atoms with van der Waals surface area (Å²) in [5.41, 5.74) is -2.11. The van der Waals surface area contributed by atoms with Crippen LogP contribution in [-0.4, -0.2) is 51.2 Å². The highest BCUT2D eigenvalue weighted by atomic mass is 16.7. The highest BCUT2D eigenvalue weighted by Crippen LogP contribution is 2.51. The molecular formula is C25H24O8. The molecule has 33 heavy (non-hydrogen) atoms. The molecule has 0 amide bonds. The molecule has 2 aromatic carbocycles. The molecule has 3 N–H and O–H groups in total. The summed E-state index contributed by atoms with van der Waals surface area (Å²) in [6, 6.07) is 6.19. The van der Waals surface area contributed by atoms with Gasteiger partial charge in [0.2, 0.25) is 0 Å². The van der Waals surface area contributed by atoms with Gasteiger partial charge in [-0.05, 0) is 26.2 Å². The van der Waals surface area contributed by atoms with Gasteiger partial charge in [-0.3, -0.25) is 14.4 Å². The molecule has 0 unspecified atom stereocenters. The van der Waals surface area contributed by atoms with Crippen molar-refractivity contribution >= 4 is 17.3 Å². The number of ketones is 3. The van der Waals surface area contributed by atoms with E-state index in [1.807, 2.05) is 0 Å². The van der Waals surface area contributed by atoms with Gasteiger partial charge in [-0.25, -0.2) is 0 Å². The highest BCUT2D eigenvalue weighted by molar-refractivity contribution is 6.30. The molecule has 8 nitrogen and oxygen atoms in total. The average Bonchev–Trinajstić information content (AvgIpc) is 2.80. The van der Waals surface area contributed by atoms with Crippen LogP contribution in [0.2, 0.25) is 0 Å². The molecule has 172 valence electrons. The van der Waals surface area contributed by atoms with Crippen LogP contribution in [-0.2, 0) is 20.7 Å². The van der Waals surface area contributed by atoms with Crippen LogP contribution in [0.1, 0.15) is 81.7 Å². The van der Waals surface area contributed by atoms with Gasteiger partial charge in [-0.1, -0.05) is 24.3 Å². The quantitative estimate of drug-likeness (QED) is 0.517. The van der Waals surface area contributed by atoms with Crippen LogP contribution in [0.25, 0.3) is 0 Å². The fraction of sp³-hybridized carbons (Fsp3) is 0.400. The van der Waals surface area contributed by atoms with Crippen LogP contribution in [0.4, 0.5) is 0 Å². The summed E-state index contributed by atoms with van der Waals surface area (Å²) in [6.07, 6.45) is 0.190. The monoisotopic (exact) mass is 452 g/mol. The van der Waals surface area contributed by atoms with Crippen molar-refractivity contribution in [3.63, 3.8) is 0 Å². The van der Waals surface area contributed by atoms with Gasteiger partial charge in [0.15, 0.2) is 23.6 Å². The topological polar surface area (TPSA) is 130 Å². The van der Waals surface area contributed by atoms with E-state index in [1.54, 1.807) is 12.1 Å². The van der Waals surface area contributed by atoms with E-state index in [1.165, 1.54) is 19.1 Å². The zero-order valence-corrected chi connectivity index (χ0v) is 18.1. The Morgan fingerprint density at radius 1 is 1.06 bits per heavy atom. The van der Waals surface area contributed by atoms with Crippen LogP contribution < -0.4 is 0 Å². The normalized spacial score (nSPS) is 26.4. The maximum absolute atomic E-state index is 13.3. The predicted molar refractivity (Wildman–Crippen MR) is 114 cm³/mol. The average molecular weight is 452 g/mol. The maximum Gasteiger partial charge on any atom is 0.198 e. The van der Waals surface area contributed by atoms with Crippen molar-refractivity contribution in [3.05, 3.63) is 57.6 Å². The number of hydrogen-bond acceptors (Lipinski definition) is 8. The Balaban J connectivity index is 1.71. The summed E-state index contributed by atoms with van der Waals surface area (Å²) in [5.74, 6) is -2.73. The Kier molecular flexibility index (Phi) is 5.12. The van der Waals surface area contributed by atoms with Crippen LogP contribution in [0.3, 0.4) is 0 Å². The minimum absolute atomic E-state index is 0.0246. The first kappa shape index (κ1) is 21.8. The molecule has 2 aromatic rings. The molecule has 0 aromatic heterocycles. The molecule has 0 bridgehead atoms. The van der Waals surface area contributed by atoms with Gasteiger partial charge in [-0.2, -0.15) is 0 Å². The molecular weight excluding hydrogens is 428 g/mol. The first-order chi connectivity index (χ1) is 15.7. The Labute approximate surface area is 189 Å². The standard InChI is InChI=1S/C25H24O8/c1-12(26)25(31)10-15-18(16(11-25)33-17-8-4-5-9-32-17)24(30)20-19(23(15)29)21(27)13-6-2-3-7-14(13)22(20)28/h2-3,6-7,16-17,29-31H,4-5,8-11H2,1H3/t16-,17+,25-/m0/s1. The Bertz CT molecular complexity index is 1190. The Morgan fingerprint density at radius 2 is 1.70 bits per heavy atom. The van der Waals surface area contributed by atoms with E-state index < -0.39 is 46.8 Å². The highest BCUT2D eigenvalue weighted by Gasteiger charge is 2.48. The largest absolute Gasteiger partial charge is 0.507 e. The molecule has 5 rings (SSSR count). The maximum atomic E-state index is 13.3. The molecule has 8 heteroatoms. The van der Waals surface area contributed by atoms with Crippen molar-refractivity contribution in [1.29, 1.82) is 0 Å². The lowest BCUT2D eigenvalue weighted by molar-refractivity contribution is -0.203. The molecule has 0 saturated carbocycles. The minimum Gasteiger partial charge on any atom is -0.507 e. The van der Waals surface area contributed by atoms with E-state index in [0.29, 0.717) is 13.0 Å². The number of carbonyl (C=O) groups excluding carboxylic acids is 3. The van der Waals surface area contributed by atoms with Crippen molar-refractivity contribution in [1.82, 2.24) is 0 Å². The molecule has 1 saturated heterocycles. The fourth-order valence-corrected chi connectivity index (χ4v) is 5.07. The van der Waals surface area contributed by atoms with Gasteiger partial charge in [-0.15, -0.1) is 0 Å². The van der Waals surface area contributed by atoms with Crippen molar-refractivity contribution < 1.29 is 39.2 Å². The summed E-state index contributed by atoms with van der Waals surface area (Å²) in [7, 11) is 0. The van der Waals surface area contributed by atoms with Gasteiger partial charge in [0, 0.05) is 41.7 Å². The number of fused-ring (bicyclic) bond motifs is 3. The van der Waals surface area contributed by atoms with Crippen LogP contribution in [0.5, 0.6) is 11.5 Å². The summed E-state index contributed by atoms with van der Waals surface area (Å²) >= 11 is 0. The summed E-state index contributed by atoms with van der Waals surface area (Å²) < 4.78 is 11.7. The number of phenols is 2. The first-order valence-electron chi connectivity index (χ1n) is 11.0. The van der Waals surface area contributed by atoms with E-state index in [0.717, 1.165) is 12.8 Å². The summed E-state index contributed by atoms with van der Waals surface area (Å²) in [6.45, 7) is 1.73. The third kappa shape index (κ3) is 3.28. The van der Waals surface area contributed by atoms with Crippen LogP contribution in [0, 0.1) is 0 Å². The van der Waals surface area contributed by atoms with Gasteiger partial charge in [0.25, 0.3) is 0 Å². The number of ether oxygens (including phenoxy) is 2. The molecule has 1 aliphatic heterocycles. The Hall–Kier alpha value is -3.07. The van der Waals surface area contributed by atoms with Crippen LogP contribution in [0.15, 0.2) is 24.3 Å². The summed E-state index contributed by atoms with van der Waals surface area (Å²) in [4.78, 5) is 38.8. The van der Waals surface area contributed by atoms with E-state index in [9.17, 15) is 29.7 Å². The lowest BCUT2D eigenvalue weighted by Crippen LogP contribution is -2.45. The predicted octanol–water partition coefficient (Wildman–Crippen LogP) is 2.72. The number of aliphatic hydroxyl groups is 1. The second-order valence-electron chi connectivity index (χ2n) is 8.93. The van der Waals surface area contributed by atoms with Gasteiger partial charge in [0.1, 0.15) is 17.1 Å². The van der Waals surface area contributed by atoms with Crippen molar-refractivity contribution in [2.45, 2.75) is 57.0 Å². The number of benzene rings is 2. The molecule has 3 aliphatic rings. The Morgan fingerprint density at radius 3 is 2.27 bits per heavy atom.